The number of nitrogens with one attached hydrogen (secondary N) is 1. The second-order valence-corrected chi connectivity index (χ2v) is 4.60. The molecule has 0 spiro atoms. The molecule has 1 fully saturated rings. The molecule has 1 aliphatic rings. The van der Waals surface area contributed by atoms with E-state index in [2.05, 4.69) is 10.2 Å². The highest BCUT2D eigenvalue weighted by Crippen LogP contribution is 2.31. The van der Waals surface area contributed by atoms with Crippen LogP contribution in [0.25, 0.3) is 0 Å². The molecule has 94 valence electrons. The van der Waals surface area contributed by atoms with E-state index in [-0.39, 0.29) is 16.6 Å². The molecule has 5 heteroatoms. The number of nitrogens with zero attached hydrogens (tertiary/aromatic N) is 1. The third kappa shape index (κ3) is 2.59. The topological polar surface area (TPSA) is 15.3 Å². The van der Waals surface area contributed by atoms with E-state index in [0.29, 0.717) is 0 Å². The predicted octanol–water partition coefficient (Wildman–Crippen LogP) is 2.58. The first kappa shape index (κ1) is 12.7. The Morgan fingerprint density at radius 2 is 1.82 bits per heavy atom. The summed E-state index contributed by atoms with van der Waals surface area (Å²) in [6, 6.07) is 1.99. The van der Waals surface area contributed by atoms with Gasteiger partial charge in [0.15, 0.2) is 0 Å². The Hall–Kier alpha value is -0.710. The summed E-state index contributed by atoms with van der Waals surface area (Å²) in [5.74, 6) is -1.01. The summed E-state index contributed by atoms with van der Waals surface area (Å²) in [5, 5.41) is 3.12. The SMILES string of the molecule is C[C@@H](c1c(F)ccc(F)c1Cl)N1CCNCC1. The lowest BCUT2D eigenvalue weighted by Crippen LogP contribution is -2.44. The number of piperazine rings is 1. The number of halogens is 3. The zero-order chi connectivity index (χ0) is 12.4. The maximum absolute atomic E-state index is 13.7. The van der Waals surface area contributed by atoms with Crippen molar-refractivity contribution in [1.82, 2.24) is 10.2 Å². The van der Waals surface area contributed by atoms with Gasteiger partial charge in [-0.1, -0.05) is 11.6 Å². The smallest absolute Gasteiger partial charge is 0.142 e. The van der Waals surface area contributed by atoms with E-state index in [0.717, 1.165) is 38.3 Å². The Morgan fingerprint density at radius 3 is 2.47 bits per heavy atom. The van der Waals surface area contributed by atoms with Crippen molar-refractivity contribution < 1.29 is 8.78 Å². The summed E-state index contributed by atoms with van der Waals surface area (Å²) >= 11 is 5.86. The third-order valence-corrected chi connectivity index (χ3v) is 3.58. The van der Waals surface area contributed by atoms with Crippen molar-refractivity contribution in [3.63, 3.8) is 0 Å². The molecule has 2 rings (SSSR count). The normalized spacial score (nSPS) is 19.3. The lowest BCUT2D eigenvalue weighted by Gasteiger charge is -2.33. The van der Waals surface area contributed by atoms with Crippen molar-refractivity contribution in [2.24, 2.45) is 0 Å². The van der Waals surface area contributed by atoms with Crippen LogP contribution in [0.15, 0.2) is 12.1 Å². The van der Waals surface area contributed by atoms with E-state index in [1.807, 2.05) is 6.92 Å². The molecule has 17 heavy (non-hydrogen) atoms. The van der Waals surface area contributed by atoms with Crippen LogP contribution in [0.3, 0.4) is 0 Å². The first-order chi connectivity index (χ1) is 8.11. The van der Waals surface area contributed by atoms with Crippen LogP contribution < -0.4 is 5.32 Å². The van der Waals surface area contributed by atoms with Crippen LogP contribution in [0.1, 0.15) is 18.5 Å². The molecule has 1 aromatic rings. The highest BCUT2D eigenvalue weighted by molar-refractivity contribution is 6.31. The molecular weight excluding hydrogens is 246 g/mol. The van der Waals surface area contributed by atoms with Gasteiger partial charge in [0.2, 0.25) is 0 Å². The van der Waals surface area contributed by atoms with Gasteiger partial charge < -0.3 is 5.32 Å². The van der Waals surface area contributed by atoms with Gasteiger partial charge in [-0.15, -0.1) is 0 Å². The minimum atomic E-state index is -0.565. The van der Waals surface area contributed by atoms with E-state index in [9.17, 15) is 8.78 Å². The van der Waals surface area contributed by atoms with E-state index >= 15 is 0 Å². The Bertz CT molecular complexity index is 406. The zero-order valence-electron chi connectivity index (χ0n) is 9.64. The summed E-state index contributed by atoms with van der Waals surface area (Å²) in [6.45, 7) is 5.20. The molecule has 0 saturated carbocycles. The minimum Gasteiger partial charge on any atom is -0.314 e. The van der Waals surface area contributed by atoms with Gasteiger partial charge in [-0.25, -0.2) is 8.78 Å². The number of hydrogen-bond acceptors (Lipinski definition) is 2. The first-order valence-electron chi connectivity index (χ1n) is 5.69. The van der Waals surface area contributed by atoms with E-state index < -0.39 is 11.6 Å². The molecule has 2 nitrogen and oxygen atoms in total. The molecule has 0 amide bonds. The Morgan fingerprint density at radius 1 is 1.24 bits per heavy atom. The van der Waals surface area contributed by atoms with Crippen LogP contribution in [0, 0.1) is 11.6 Å². The molecular formula is C12H15ClF2N2. The Balaban J connectivity index is 2.29. The molecule has 1 aromatic carbocycles. The maximum atomic E-state index is 13.7. The van der Waals surface area contributed by atoms with Crippen molar-refractivity contribution in [1.29, 1.82) is 0 Å². The Kier molecular flexibility index (Phi) is 3.97. The standard InChI is InChI=1S/C12H15ClF2N2/c1-8(17-6-4-16-5-7-17)11-9(14)2-3-10(15)12(11)13/h2-3,8,16H,4-7H2,1H3/t8-/m0/s1. The highest BCUT2D eigenvalue weighted by atomic mass is 35.5. The number of hydrogen-bond donors (Lipinski definition) is 1. The number of benzene rings is 1. The van der Waals surface area contributed by atoms with Gasteiger partial charge in [0.1, 0.15) is 11.6 Å². The molecule has 1 aliphatic heterocycles. The van der Waals surface area contributed by atoms with Gasteiger partial charge in [0.05, 0.1) is 5.02 Å². The van der Waals surface area contributed by atoms with Crippen LogP contribution in [0.5, 0.6) is 0 Å². The average Bonchev–Trinajstić information content (AvgIpc) is 2.35. The summed E-state index contributed by atoms with van der Waals surface area (Å²) in [5.41, 5.74) is 0.258. The van der Waals surface area contributed by atoms with E-state index in [1.54, 1.807) is 0 Å². The van der Waals surface area contributed by atoms with Crippen LogP contribution in [0.4, 0.5) is 8.78 Å². The molecule has 1 saturated heterocycles. The fourth-order valence-corrected chi connectivity index (χ4v) is 2.49. The average molecular weight is 261 g/mol. The highest BCUT2D eigenvalue weighted by Gasteiger charge is 2.24. The Labute approximate surface area is 105 Å². The zero-order valence-corrected chi connectivity index (χ0v) is 10.4. The largest absolute Gasteiger partial charge is 0.314 e. The molecule has 1 heterocycles. The molecule has 0 aliphatic carbocycles. The van der Waals surface area contributed by atoms with Crippen molar-refractivity contribution in [3.05, 3.63) is 34.4 Å². The first-order valence-corrected chi connectivity index (χ1v) is 6.07. The van der Waals surface area contributed by atoms with Crippen LogP contribution in [-0.2, 0) is 0 Å². The molecule has 1 N–H and O–H groups in total. The summed E-state index contributed by atoms with van der Waals surface area (Å²) in [6.07, 6.45) is 0. The fraction of sp³-hybridized carbons (Fsp3) is 0.500. The van der Waals surface area contributed by atoms with E-state index in [4.69, 9.17) is 11.6 Å². The maximum Gasteiger partial charge on any atom is 0.142 e. The molecule has 1 atom stereocenters. The molecule has 0 bridgehead atoms. The second kappa shape index (κ2) is 5.29. The van der Waals surface area contributed by atoms with Gasteiger partial charge in [0.25, 0.3) is 0 Å². The monoisotopic (exact) mass is 260 g/mol. The van der Waals surface area contributed by atoms with Crippen LogP contribution >= 0.6 is 11.6 Å². The summed E-state index contributed by atoms with van der Waals surface area (Å²) < 4.78 is 27.1. The lowest BCUT2D eigenvalue weighted by molar-refractivity contribution is 0.182. The number of rotatable bonds is 2. The van der Waals surface area contributed by atoms with Crippen molar-refractivity contribution in [2.75, 3.05) is 26.2 Å². The van der Waals surface area contributed by atoms with E-state index in [1.165, 1.54) is 0 Å². The van der Waals surface area contributed by atoms with Crippen molar-refractivity contribution in [3.8, 4) is 0 Å². The quantitative estimate of drug-likeness (QED) is 0.823. The summed E-state index contributed by atoms with van der Waals surface area (Å²) in [4.78, 5) is 2.10. The third-order valence-electron chi connectivity index (χ3n) is 3.20. The lowest BCUT2D eigenvalue weighted by atomic mass is 10.1. The predicted molar refractivity (Wildman–Crippen MR) is 64.2 cm³/mol. The second-order valence-electron chi connectivity index (χ2n) is 4.22. The van der Waals surface area contributed by atoms with Crippen LogP contribution in [0.2, 0.25) is 5.02 Å². The van der Waals surface area contributed by atoms with Gasteiger partial charge in [-0.2, -0.15) is 0 Å². The van der Waals surface area contributed by atoms with Crippen molar-refractivity contribution >= 4 is 11.6 Å². The van der Waals surface area contributed by atoms with Crippen molar-refractivity contribution in [2.45, 2.75) is 13.0 Å². The fourth-order valence-electron chi connectivity index (χ4n) is 2.18. The van der Waals surface area contributed by atoms with Crippen LogP contribution in [-0.4, -0.2) is 31.1 Å². The summed E-state index contributed by atoms with van der Waals surface area (Å²) in [7, 11) is 0. The molecule has 0 aromatic heterocycles. The van der Waals surface area contributed by atoms with Gasteiger partial charge in [-0.3, -0.25) is 4.90 Å². The molecule has 0 radical (unpaired) electrons. The van der Waals surface area contributed by atoms with Gasteiger partial charge in [-0.05, 0) is 19.1 Å². The van der Waals surface area contributed by atoms with Gasteiger partial charge in [0, 0.05) is 37.8 Å². The molecule has 0 unspecified atom stereocenters. The van der Waals surface area contributed by atoms with Gasteiger partial charge >= 0.3 is 0 Å². The minimum absolute atomic E-state index is 0.101.